The van der Waals surface area contributed by atoms with E-state index in [0.29, 0.717) is 23.1 Å². The van der Waals surface area contributed by atoms with E-state index in [1.807, 2.05) is 29.8 Å². The van der Waals surface area contributed by atoms with E-state index >= 15 is 0 Å². The molecule has 0 radical (unpaired) electrons. The highest BCUT2D eigenvalue weighted by Gasteiger charge is 2.30. The first kappa shape index (κ1) is 18.0. The summed E-state index contributed by atoms with van der Waals surface area (Å²) in [5.74, 6) is 1.62. The second-order valence-corrected chi connectivity index (χ2v) is 6.31. The van der Waals surface area contributed by atoms with Crippen LogP contribution in [0.5, 0.6) is 0 Å². The molecular weight excluding hydrogens is 367 g/mol. The summed E-state index contributed by atoms with van der Waals surface area (Å²) in [5.41, 5.74) is 1.25. The Bertz CT molecular complexity index is 1120. The zero-order valence-corrected chi connectivity index (χ0v) is 14.9. The smallest absolute Gasteiger partial charge is 0.380 e. The standard InChI is InChI=1S/C20H16F3N5/c1-13-24-8-9-28(13)19-5-2-14(12-27-19)11-26-17-6-7-25-18-10-15(20(21,22)23)3-4-16(17)18/h2-10,12H,11H2,1H3,(H,25,26). The van der Waals surface area contributed by atoms with Gasteiger partial charge in [0.05, 0.1) is 11.1 Å². The predicted molar refractivity (Wildman–Crippen MR) is 100 cm³/mol. The van der Waals surface area contributed by atoms with E-state index in [1.54, 1.807) is 18.5 Å². The Kier molecular flexibility index (Phi) is 4.46. The van der Waals surface area contributed by atoms with Crippen molar-refractivity contribution >= 4 is 16.6 Å². The van der Waals surface area contributed by atoms with Crippen molar-refractivity contribution in [3.8, 4) is 5.82 Å². The lowest BCUT2D eigenvalue weighted by Gasteiger charge is -2.12. The molecule has 1 aromatic carbocycles. The third kappa shape index (κ3) is 3.53. The molecule has 0 fully saturated rings. The van der Waals surface area contributed by atoms with E-state index in [4.69, 9.17) is 0 Å². The topological polar surface area (TPSA) is 55.6 Å². The molecule has 0 aliphatic rings. The van der Waals surface area contributed by atoms with Gasteiger partial charge in [0.2, 0.25) is 0 Å². The van der Waals surface area contributed by atoms with Gasteiger partial charge in [-0.3, -0.25) is 9.55 Å². The number of nitrogens with one attached hydrogen (secondary N) is 1. The number of anilines is 1. The van der Waals surface area contributed by atoms with Crippen LogP contribution in [0.4, 0.5) is 18.9 Å². The molecule has 142 valence electrons. The summed E-state index contributed by atoms with van der Waals surface area (Å²) in [4.78, 5) is 12.7. The van der Waals surface area contributed by atoms with Crippen LogP contribution in [0, 0.1) is 6.92 Å². The summed E-state index contributed by atoms with van der Waals surface area (Å²) >= 11 is 0. The molecule has 8 heteroatoms. The van der Waals surface area contributed by atoms with E-state index in [-0.39, 0.29) is 0 Å². The van der Waals surface area contributed by atoms with Crippen LogP contribution in [0.1, 0.15) is 17.0 Å². The molecule has 0 saturated carbocycles. The third-order valence-electron chi connectivity index (χ3n) is 4.43. The maximum absolute atomic E-state index is 12.9. The first-order valence-electron chi connectivity index (χ1n) is 8.57. The minimum Gasteiger partial charge on any atom is -0.380 e. The fourth-order valence-electron chi connectivity index (χ4n) is 2.96. The van der Waals surface area contributed by atoms with Gasteiger partial charge in [0.1, 0.15) is 11.6 Å². The van der Waals surface area contributed by atoms with Crippen LogP contribution in [0.15, 0.2) is 61.2 Å². The molecule has 28 heavy (non-hydrogen) atoms. The van der Waals surface area contributed by atoms with E-state index in [9.17, 15) is 13.2 Å². The quantitative estimate of drug-likeness (QED) is 0.552. The van der Waals surface area contributed by atoms with Crippen LogP contribution < -0.4 is 5.32 Å². The summed E-state index contributed by atoms with van der Waals surface area (Å²) in [6, 6.07) is 9.15. The lowest BCUT2D eigenvalue weighted by Crippen LogP contribution is -2.05. The fraction of sp³-hybridized carbons (Fsp3) is 0.150. The normalized spacial score (nSPS) is 11.7. The molecule has 0 spiro atoms. The van der Waals surface area contributed by atoms with Crippen molar-refractivity contribution in [1.29, 1.82) is 0 Å². The van der Waals surface area contributed by atoms with Gasteiger partial charge in [-0.15, -0.1) is 0 Å². The molecule has 0 atom stereocenters. The predicted octanol–water partition coefficient (Wildman–Crippen LogP) is 4.75. The van der Waals surface area contributed by atoms with Crippen molar-refractivity contribution in [3.05, 3.63) is 78.1 Å². The number of aromatic nitrogens is 4. The molecule has 0 aliphatic heterocycles. The maximum atomic E-state index is 12.9. The van der Waals surface area contributed by atoms with Crippen LogP contribution >= 0.6 is 0 Å². The number of imidazole rings is 1. The van der Waals surface area contributed by atoms with Gasteiger partial charge < -0.3 is 5.32 Å². The molecule has 4 rings (SSSR count). The Morgan fingerprint density at radius 1 is 1.00 bits per heavy atom. The van der Waals surface area contributed by atoms with Gasteiger partial charge in [0.25, 0.3) is 0 Å². The van der Waals surface area contributed by atoms with E-state index in [0.717, 1.165) is 29.3 Å². The summed E-state index contributed by atoms with van der Waals surface area (Å²) < 4.78 is 40.5. The monoisotopic (exact) mass is 383 g/mol. The number of halogens is 3. The molecular formula is C20H16F3N5. The number of alkyl halides is 3. The zero-order valence-electron chi connectivity index (χ0n) is 14.9. The second kappa shape index (κ2) is 6.95. The summed E-state index contributed by atoms with van der Waals surface area (Å²) in [5, 5.41) is 3.88. The van der Waals surface area contributed by atoms with Crippen LogP contribution in [0.2, 0.25) is 0 Å². The summed E-state index contributed by atoms with van der Waals surface area (Å²) in [7, 11) is 0. The molecule has 0 bridgehead atoms. The van der Waals surface area contributed by atoms with E-state index in [2.05, 4.69) is 20.3 Å². The Morgan fingerprint density at radius 3 is 2.54 bits per heavy atom. The first-order valence-corrected chi connectivity index (χ1v) is 8.57. The Hall–Kier alpha value is -3.42. The van der Waals surface area contributed by atoms with Crippen LogP contribution in [-0.2, 0) is 12.7 Å². The number of hydrogen-bond donors (Lipinski definition) is 1. The van der Waals surface area contributed by atoms with Crippen LogP contribution in [-0.4, -0.2) is 19.5 Å². The molecule has 0 amide bonds. The van der Waals surface area contributed by atoms with Gasteiger partial charge >= 0.3 is 6.18 Å². The van der Waals surface area contributed by atoms with Crippen LogP contribution in [0.3, 0.4) is 0 Å². The number of fused-ring (bicyclic) bond motifs is 1. The fourth-order valence-corrected chi connectivity index (χ4v) is 2.96. The number of pyridine rings is 2. The molecule has 0 unspecified atom stereocenters. The first-order chi connectivity index (χ1) is 13.4. The Labute approximate surface area is 158 Å². The van der Waals surface area contributed by atoms with Crippen molar-refractivity contribution in [3.63, 3.8) is 0 Å². The van der Waals surface area contributed by atoms with Gasteiger partial charge in [0.15, 0.2) is 0 Å². The number of benzene rings is 1. The second-order valence-electron chi connectivity index (χ2n) is 6.31. The molecule has 3 heterocycles. The molecule has 3 aromatic heterocycles. The lowest BCUT2D eigenvalue weighted by atomic mass is 10.1. The lowest BCUT2D eigenvalue weighted by molar-refractivity contribution is -0.137. The molecule has 4 aromatic rings. The number of hydrogen-bond acceptors (Lipinski definition) is 4. The van der Waals surface area contributed by atoms with Gasteiger partial charge in [-0.05, 0) is 36.8 Å². The highest BCUT2D eigenvalue weighted by atomic mass is 19.4. The minimum absolute atomic E-state index is 0.295. The minimum atomic E-state index is -4.39. The SMILES string of the molecule is Cc1nccn1-c1ccc(CNc2ccnc3cc(C(F)(F)F)ccc23)cn1. The highest BCUT2D eigenvalue weighted by molar-refractivity contribution is 5.91. The summed E-state index contributed by atoms with van der Waals surface area (Å²) in [6.07, 6.45) is 2.42. The maximum Gasteiger partial charge on any atom is 0.416 e. The number of nitrogens with zero attached hydrogens (tertiary/aromatic N) is 4. The molecule has 5 nitrogen and oxygen atoms in total. The Morgan fingerprint density at radius 2 is 1.86 bits per heavy atom. The molecule has 0 saturated heterocycles. The molecule has 1 N–H and O–H groups in total. The zero-order chi connectivity index (χ0) is 19.7. The molecule has 0 aliphatic carbocycles. The summed E-state index contributed by atoms with van der Waals surface area (Å²) in [6.45, 7) is 2.38. The van der Waals surface area contributed by atoms with E-state index < -0.39 is 11.7 Å². The van der Waals surface area contributed by atoms with Gasteiger partial charge in [-0.2, -0.15) is 13.2 Å². The average molecular weight is 383 g/mol. The van der Waals surface area contributed by atoms with Gasteiger partial charge in [0, 0.05) is 42.4 Å². The van der Waals surface area contributed by atoms with Crippen molar-refractivity contribution in [1.82, 2.24) is 19.5 Å². The number of rotatable bonds is 4. The van der Waals surface area contributed by atoms with Crippen molar-refractivity contribution < 1.29 is 13.2 Å². The van der Waals surface area contributed by atoms with Crippen LogP contribution in [0.25, 0.3) is 16.7 Å². The third-order valence-corrected chi connectivity index (χ3v) is 4.43. The highest BCUT2D eigenvalue weighted by Crippen LogP contribution is 2.32. The Balaban J connectivity index is 1.53. The largest absolute Gasteiger partial charge is 0.416 e. The average Bonchev–Trinajstić information content (AvgIpc) is 3.11. The van der Waals surface area contributed by atoms with E-state index in [1.165, 1.54) is 12.3 Å². The number of aryl methyl sites for hydroxylation is 1. The van der Waals surface area contributed by atoms with Crippen molar-refractivity contribution in [2.45, 2.75) is 19.6 Å². The van der Waals surface area contributed by atoms with Gasteiger partial charge in [-0.1, -0.05) is 12.1 Å². The van der Waals surface area contributed by atoms with Crippen molar-refractivity contribution in [2.24, 2.45) is 0 Å². The van der Waals surface area contributed by atoms with Gasteiger partial charge in [-0.25, -0.2) is 9.97 Å². The van der Waals surface area contributed by atoms with Crippen molar-refractivity contribution in [2.75, 3.05) is 5.32 Å².